The number of nitro groups is 1. The van der Waals surface area contributed by atoms with Crippen LogP contribution < -0.4 is 15.0 Å². The van der Waals surface area contributed by atoms with Crippen LogP contribution in [0.3, 0.4) is 0 Å². The molecule has 2 amide bonds. The van der Waals surface area contributed by atoms with Gasteiger partial charge in [-0.3, -0.25) is 19.7 Å². The second kappa shape index (κ2) is 11.9. The molecule has 204 valence electrons. The molecule has 10 heteroatoms. The average Bonchev–Trinajstić information content (AvgIpc) is 2.92. The van der Waals surface area contributed by atoms with E-state index in [1.54, 1.807) is 11.0 Å². The van der Waals surface area contributed by atoms with Gasteiger partial charge in [-0.15, -0.1) is 0 Å². The Balaban J connectivity index is 1.30. The molecule has 1 aliphatic rings. The number of anilines is 2. The summed E-state index contributed by atoms with van der Waals surface area (Å²) in [5.74, 6) is -0.744. The second-order valence-electron chi connectivity index (χ2n) is 9.74. The van der Waals surface area contributed by atoms with E-state index in [2.05, 4.69) is 5.32 Å². The van der Waals surface area contributed by atoms with Gasteiger partial charge in [-0.25, -0.2) is 4.39 Å². The fraction of sp³-hybridized carbons (Fsp3) is 0.310. The third-order valence-electron chi connectivity index (χ3n) is 6.95. The van der Waals surface area contributed by atoms with E-state index in [1.165, 1.54) is 6.92 Å². The van der Waals surface area contributed by atoms with Gasteiger partial charge in [0.05, 0.1) is 10.5 Å². The number of ether oxygens (including phenoxy) is 1. The number of hydrogen-bond acceptors (Lipinski definition) is 6. The Hall–Kier alpha value is -4.47. The molecule has 1 saturated heterocycles. The molecule has 1 heterocycles. The standard InChI is InChI=1S/C29H31FN4O5/c1-19-26(34(37)38)12-11-25(30)28(19)29(36)33-15-13-21(14-16-33)20-7-9-22(10-8-20)31-27(35)18-39-24-6-4-5-23(17-24)32(2)3/h4-12,17,21H,13-16,18H2,1-3H3,(H,31,35). The number of nitro benzene ring substituents is 1. The minimum Gasteiger partial charge on any atom is -0.484 e. The number of carbonyl (C=O) groups is 2. The number of rotatable bonds is 8. The first-order valence-electron chi connectivity index (χ1n) is 12.7. The monoisotopic (exact) mass is 534 g/mol. The summed E-state index contributed by atoms with van der Waals surface area (Å²) in [5.41, 5.74) is 2.24. The number of nitrogens with one attached hydrogen (secondary N) is 1. The molecule has 1 fully saturated rings. The molecule has 0 saturated carbocycles. The summed E-state index contributed by atoms with van der Waals surface area (Å²) in [7, 11) is 3.86. The highest BCUT2D eigenvalue weighted by Gasteiger charge is 2.29. The zero-order valence-electron chi connectivity index (χ0n) is 22.1. The summed E-state index contributed by atoms with van der Waals surface area (Å²) in [6.45, 7) is 2.11. The Bertz CT molecular complexity index is 1370. The Morgan fingerprint density at radius 2 is 1.79 bits per heavy atom. The summed E-state index contributed by atoms with van der Waals surface area (Å²) in [6.07, 6.45) is 1.35. The van der Waals surface area contributed by atoms with Crippen LogP contribution >= 0.6 is 0 Å². The van der Waals surface area contributed by atoms with E-state index in [1.807, 2.05) is 61.5 Å². The molecule has 0 radical (unpaired) electrons. The van der Waals surface area contributed by atoms with Gasteiger partial charge in [-0.05, 0) is 61.6 Å². The fourth-order valence-electron chi connectivity index (χ4n) is 4.74. The molecule has 3 aromatic carbocycles. The van der Waals surface area contributed by atoms with Crippen molar-refractivity contribution in [1.29, 1.82) is 0 Å². The molecule has 0 unspecified atom stereocenters. The van der Waals surface area contributed by atoms with E-state index in [4.69, 9.17) is 4.74 Å². The SMILES string of the molecule is Cc1c([N+](=O)[O-])ccc(F)c1C(=O)N1CCC(c2ccc(NC(=O)COc3cccc(N(C)C)c3)cc2)CC1. The Morgan fingerprint density at radius 3 is 2.44 bits per heavy atom. The largest absolute Gasteiger partial charge is 0.484 e. The fourth-order valence-corrected chi connectivity index (χ4v) is 4.74. The van der Waals surface area contributed by atoms with Crippen LogP contribution in [0.1, 0.15) is 40.2 Å². The number of piperidine rings is 1. The van der Waals surface area contributed by atoms with Crippen LogP contribution in [0.4, 0.5) is 21.5 Å². The summed E-state index contributed by atoms with van der Waals surface area (Å²) >= 11 is 0. The smallest absolute Gasteiger partial charge is 0.273 e. The molecule has 1 N–H and O–H groups in total. The first kappa shape index (κ1) is 27.6. The topological polar surface area (TPSA) is 105 Å². The molecule has 0 spiro atoms. The lowest BCUT2D eigenvalue weighted by Crippen LogP contribution is -2.38. The van der Waals surface area contributed by atoms with Crippen molar-refractivity contribution < 1.29 is 23.6 Å². The zero-order valence-corrected chi connectivity index (χ0v) is 22.1. The third-order valence-corrected chi connectivity index (χ3v) is 6.95. The summed E-state index contributed by atoms with van der Waals surface area (Å²) in [4.78, 5) is 39.5. The lowest BCUT2D eigenvalue weighted by atomic mass is 9.89. The minimum absolute atomic E-state index is 0.0391. The van der Waals surface area contributed by atoms with Crippen molar-refractivity contribution in [2.24, 2.45) is 0 Å². The third kappa shape index (κ3) is 6.51. The number of likely N-dealkylation sites (tertiary alicyclic amines) is 1. The van der Waals surface area contributed by atoms with Crippen LogP contribution in [0.25, 0.3) is 0 Å². The van der Waals surface area contributed by atoms with Gasteiger partial charge >= 0.3 is 0 Å². The normalized spacial score (nSPS) is 13.6. The van der Waals surface area contributed by atoms with Crippen LogP contribution in [0.15, 0.2) is 60.7 Å². The van der Waals surface area contributed by atoms with Gasteiger partial charge in [0.15, 0.2) is 6.61 Å². The maximum atomic E-state index is 14.4. The van der Waals surface area contributed by atoms with Crippen molar-refractivity contribution in [2.75, 3.05) is 44.0 Å². The Labute approximate surface area is 226 Å². The van der Waals surface area contributed by atoms with E-state index in [0.717, 1.165) is 23.4 Å². The van der Waals surface area contributed by atoms with E-state index >= 15 is 0 Å². The van der Waals surface area contributed by atoms with Crippen molar-refractivity contribution in [2.45, 2.75) is 25.7 Å². The van der Waals surface area contributed by atoms with Crippen LogP contribution in [-0.4, -0.2) is 55.4 Å². The number of nitrogens with zero attached hydrogens (tertiary/aromatic N) is 3. The molecule has 1 aliphatic heterocycles. The van der Waals surface area contributed by atoms with Gasteiger partial charge in [0, 0.05) is 56.3 Å². The van der Waals surface area contributed by atoms with Crippen molar-refractivity contribution >= 4 is 28.9 Å². The maximum Gasteiger partial charge on any atom is 0.273 e. The van der Waals surface area contributed by atoms with E-state index in [-0.39, 0.29) is 35.2 Å². The molecule has 4 rings (SSSR count). The van der Waals surface area contributed by atoms with Crippen molar-refractivity contribution in [3.05, 3.63) is 93.3 Å². The Kier molecular flexibility index (Phi) is 8.43. The molecular weight excluding hydrogens is 503 g/mol. The van der Waals surface area contributed by atoms with Gasteiger partial charge in [0.2, 0.25) is 0 Å². The van der Waals surface area contributed by atoms with Gasteiger partial charge in [-0.2, -0.15) is 0 Å². The average molecular weight is 535 g/mol. The molecule has 0 aliphatic carbocycles. The summed E-state index contributed by atoms with van der Waals surface area (Å²) < 4.78 is 20.1. The predicted molar refractivity (Wildman–Crippen MR) is 147 cm³/mol. The lowest BCUT2D eigenvalue weighted by Gasteiger charge is -2.32. The number of amides is 2. The first-order chi connectivity index (χ1) is 18.6. The van der Waals surface area contributed by atoms with Crippen LogP contribution in [-0.2, 0) is 4.79 Å². The maximum absolute atomic E-state index is 14.4. The highest BCUT2D eigenvalue weighted by molar-refractivity contribution is 5.97. The van der Waals surface area contributed by atoms with E-state index in [9.17, 15) is 24.1 Å². The van der Waals surface area contributed by atoms with Crippen molar-refractivity contribution in [1.82, 2.24) is 4.90 Å². The van der Waals surface area contributed by atoms with Gasteiger partial charge in [-0.1, -0.05) is 18.2 Å². The molecule has 0 bridgehead atoms. The first-order valence-corrected chi connectivity index (χ1v) is 12.7. The predicted octanol–water partition coefficient (Wildman–Crippen LogP) is 5.15. The number of halogens is 1. The highest BCUT2D eigenvalue weighted by atomic mass is 19.1. The molecule has 39 heavy (non-hydrogen) atoms. The van der Waals surface area contributed by atoms with E-state index < -0.39 is 16.6 Å². The summed E-state index contributed by atoms with van der Waals surface area (Å²) in [5, 5.41) is 14.0. The van der Waals surface area contributed by atoms with Crippen molar-refractivity contribution in [3.8, 4) is 5.75 Å². The number of benzene rings is 3. The minimum atomic E-state index is -0.754. The van der Waals surface area contributed by atoms with Crippen LogP contribution in [0.5, 0.6) is 5.75 Å². The quantitative estimate of drug-likeness (QED) is 0.317. The number of carbonyl (C=O) groups excluding carboxylic acids is 2. The zero-order chi connectivity index (χ0) is 28.1. The number of hydrogen-bond donors (Lipinski definition) is 1. The second-order valence-corrected chi connectivity index (χ2v) is 9.74. The molecule has 0 aromatic heterocycles. The van der Waals surface area contributed by atoms with Crippen molar-refractivity contribution in [3.63, 3.8) is 0 Å². The molecular formula is C29H31FN4O5. The lowest BCUT2D eigenvalue weighted by molar-refractivity contribution is -0.385. The van der Waals surface area contributed by atoms with Gasteiger partial charge in [0.25, 0.3) is 17.5 Å². The molecule has 3 aromatic rings. The van der Waals surface area contributed by atoms with Gasteiger partial charge in [0.1, 0.15) is 11.6 Å². The molecule has 9 nitrogen and oxygen atoms in total. The molecule has 0 atom stereocenters. The van der Waals surface area contributed by atoms with Crippen LogP contribution in [0.2, 0.25) is 0 Å². The highest BCUT2D eigenvalue weighted by Crippen LogP contribution is 2.31. The van der Waals surface area contributed by atoms with Crippen LogP contribution in [0, 0.1) is 22.9 Å². The van der Waals surface area contributed by atoms with Gasteiger partial charge < -0.3 is 19.9 Å². The summed E-state index contributed by atoms with van der Waals surface area (Å²) in [6, 6.07) is 17.1. The Morgan fingerprint density at radius 1 is 1.10 bits per heavy atom. The van der Waals surface area contributed by atoms with E-state index in [0.29, 0.717) is 37.4 Å².